The maximum Gasteiger partial charge on any atom is 0.336 e. The summed E-state index contributed by atoms with van der Waals surface area (Å²) in [5.41, 5.74) is 3.10. The van der Waals surface area contributed by atoms with Gasteiger partial charge in [-0.3, -0.25) is 0 Å². The van der Waals surface area contributed by atoms with E-state index in [1.165, 1.54) is 12.8 Å². The van der Waals surface area contributed by atoms with Crippen LogP contribution in [-0.2, 0) is 0 Å². The highest BCUT2D eigenvalue weighted by Gasteiger charge is 2.26. The van der Waals surface area contributed by atoms with E-state index in [1.54, 1.807) is 18.5 Å². The number of aromatic carboxylic acids is 1. The minimum Gasteiger partial charge on any atom is -0.478 e. The number of aromatic nitrogens is 2. The van der Waals surface area contributed by atoms with Crippen LogP contribution in [0, 0.1) is 6.92 Å². The van der Waals surface area contributed by atoms with Crippen molar-refractivity contribution in [3.63, 3.8) is 0 Å². The third kappa shape index (κ3) is 1.79. The molecule has 4 nitrogen and oxygen atoms in total. The minimum atomic E-state index is -0.892. The normalized spacial score (nSPS) is 14.7. The lowest BCUT2D eigenvalue weighted by Crippen LogP contribution is -2.03. The van der Waals surface area contributed by atoms with Crippen molar-refractivity contribution in [2.45, 2.75) is 25.7 Å². The number of nitrogens with zero attached hydrogens (tertiary/aromatic N) is 2. The Kier molecular flexibility index (Phi) is 2.44. The average Bonchev–Trinajstić information content (AvgIpc) is 3.08. The summed E-state index contributed by atoms with van der Waals surface area (Å²) in [6.07, 6.45) is 6.20. The summed E-state index contributed by atoms with van der Waals surface area (Å²) < 4.78 is 1.91. The second-order valence-corrected chi connectivity index (χ2v) is 4.73. The fourth-order valence-electron chi connectivity index (χ4n) is 2.19. The third-order valence-electron chi connectivity index (χ3n) is 3.41. The molecule has 18 heavy (non-hydrogen) atoms. The van der Waals surface area contributed by atoms with Crippen LogP contribution in [0.4, 0.5) is 0 Å². The van der Waals surface area contributed by atoms with Crippen LogP contribution in [0.25, 0.3) is 5.69 Å². The predicted molar refractivity (Wildman–Crippen MR) is 67.2 cm³/mol. The number of carboxylic acid groups (broad SMARTS) is 1. The van der Waals surface area contributed by atoms with Crippen LogP contribution < -0.4 is 0 Å². The largest absolute Gasteiger partial charge is 0.478 e. The number of hydrogen-bond donors (Lipinski definition) is 1. The van der Waals surface area contributed by atoms with Gasteiger partial charge in [-0.2, -0.15) is 0 Å². The van der Waals surface area contributed by atoms with Crippen molar-refractivity contribution in [3.05, 3.63) is 47.5 Å². The molecule has 0 saturated heterocycles. The molecule has 0 aliphatic heterocycles. The van der Waals surface area contributed by atoms with E-state index in [-0.39, 0.29) is 0 Å². The van der Waals surface area contributed by atoms with E-state index in [0.717, 1.165) is 16.9 Å². The molecule has 1 aliphatic carbocycles. The molecule has 0 spiro atoms. The zero-order valence-electron chi connectivity index (χ0n) is 10.1. The number of hydrogen-bond acceptors (Lipinski definition) is 2. The van der Waals surface area contributed by atoms with E-state index in [2.05, 4.69) is 4.98 Å². The SMILES string of the molecule is Cc1c(C(=O)O)cccc1-n1cnc(C2CC2)c1. The summed E-state index contributed by atoms with van der Waals surface area (Å²) in [5.74, 6) is -0.286. The van der Waals surface area contributed by atoms with Gasteiger partial charge in [-0.1, -0.05) is 6.07 Å². The summed E-state index contributed by atoms with van der Waals surface area (Å²) >= 11 is 0. The summed E-state index contributed by atoms with van der Waals surface area (Å²) in [5, 5.41) is 9.12. The van der Waals surface area contributed by atoms with Crippen molar-refractivity contribution < 1.29 is 9.90 Å². The van der Waals surface area contributed by atoms with E-state index in [9.17, 15) is 4.79 Å². The van der Waals surface area contributed by atoms with Crippen molar-refractivity contribution in [2.75, 3.05) is 0 Å². The van der Waals surface area contributed by atoms with Gasteiger partial charge in [0.1, 0.15) is 0 Å². The zero-order chi connectivity index (χ0) is 12.7. The van der Waals surface area contributed by atoms with Crippen LogP contribution in [0.2, 0.25) is 0 Å². The Morgan fingerprint density at radius 3 is 2.89 bits per heavy atom. The molecule has 1 aliphatic rings. The lowest BCUT2D eigenvalue weighted by atomic mass is 10.1. The van der Waals surface area contributed by atoms with Crippen LogP contribution in [-0.4, -0.2) is 20.6 Å². The Balaban J connectivity index is 2.04. The van der Waals surface area contributed by atoms with Crippen LogP contribution >= 0.6 is 0 Å². The summed E-state index contributed by atoms with van der Waals surface area (Å²) in [6, 6.07) is 5.31. The number of carbonyl (C=O) groups is 1. The molecule has 1 aromatic heterocycles. The topological polar surface area (TPSA) is 55.1 Å². The first-order chi connectivity index (χ1) is 8.66. The maximum atomic E-state index is 11.1. The molecule has 0 radical (unpaired) electrons. The van der Waals surface area contributed by atoms with E-state index in [0.29, 0.717) is 11.5 Å². The van der Waals surface area contributed by atoms with Gasteiger partial charge in [0.15, 0.2) is 0 Å². The number of carboxylic acids is 1. The van der Waals surface area contributed by atoms with Crippen molar-refractivity contribution in [1.82, 2.24) is 9.55 Å². The minimum absolute atomic E-state index is 0.342. The monoisotopic (exact) mass is 242 g/mol. The summed E-state index contributed by atoms with van der Waals surface area (Å²) in [7, 11) is 0. The van der Waals surface area contributed by atoms with Gasteiger partial charge < -0.3 is 9.67 Å². The zero-order valence-corrected chi connectivity index (χ0v) is 10.1. The Bertz CT molecular complexity index is 612. The third-order valence-corrected chi connectivity index (χ3v) is 3.41. The Hall–Kier alpha value is -2.10. The molecule has 1 saturated carbocycles. The van der Waals surface area contributed by atoms with Gasteiger partial charge in [0, 0.05) is 12.1 Å². The van der Waals surface area contributed by atoms with E-state index >= 15 is 0 Å². The highest BCUT2D eigenvalue weighted by Crippen LogP contribution is 2.39. The first kappa shape index (κ1) is 11.0. The summed E-state index contributed by atoms with van der Waals surface area (Å²) in [6.45, 7) is 1.83. The standard InChI is InChI=1S/C14H14N2O2/c1-9-11(14(17)18)3-2-4-13(9)16-7-12(15-8-16)10-5-6-10/h2-4,7-8,10H,5-6H2,1H3,(H,17,18). The molecule has 0 amide bonds. The number of imidazole rings is 1. The second-order valence-electron chi connectivity index (χ2n) is 4.73. The van der Waals surface area contributed by atoms with Crippen molar-refractivity contribution in [3.8, 4) is 5.69 Å². The molecule has 0 unspecified atom stereocenters. The summed E-state index contributed by atoms with van der Waals surface area (Å²) in [4.78, 5) is 15.5. The molecular weight excluding hydrogens is 228 g/mol. The van der Waals surface area contributed by atoms with Crippen molar-refractivity contribution in [1.29, 1.82) is 0 Å². The molecule has 1 N–H and O–H groups in total. The first-order valence-corrected chi connectivity index (χ1v) is 6.04. The predicted octanol–water partition coefficient (Wildman–Crippen LogP) is 2.76. The quantitative estimate of drug-likeness (QED) is 0.900. The Labute approximate surface area is 105 Å². The molecule has 1 aromatic carbocycles. The lowest BCUT2D eigenvalue weighted by Gasteiger charge is -2.08. The van der Waals surface area contributed by atoms with E-state index in [1.807, 2.05) is 23.8 Å². The van der Waals surface area contributed by atoms with Gasteiger partial charge in [0.05, 0.1) is 23.3 Å². The Morgan fingerprint density at radius 1 is 1.44 bits per heavy atom. The average molecular weight is 242 g/mol. The molecule has 1 heterocycles. The van der Waals surface area contributed by atoms with Crippen LogP contribution in [0.15, 0.2) is 30.7 Å². The maximum absolute atomic E-state index is 11.1. The van der Waals surface area contributed by atoms with Crippen LogP contribution in [0.5, 0.6) is 0 Å². The van der Waals surface area contributed by atoms with Gasteiger partial charge >= 0.3 is 5.97 Å². The Morgan fingerprint density at radius 2 is 2.22 bits per heavy atom. The highest BCUT2D eigenvalue weighted by molar-refractivity contribution is 5.90. The molecular formula is C14H14N2O2. The first-order valence-electron chi connectivity index (χ1n) is 6.04. The molecule has 4 heteroatoms. The fourth-order valence-corrected chi connectivity index (χ4v) is 2.19. The van der Waals surface area contributed by atoms with Crippen LogP contribution in [0.1, 0.15) is 40.4 Å². The number of benzene rings is 1. The second kappa shape index (κ2) is 3.98. The highest BCUT2D eigenvalue weighted by atomic mass is 16.4. The van der Waals surface area contributed by atoms with Gasteiger partial charge in [-0.15, -0.1) is 0 Å². The van der Waals surface area contributed by atoms with Crippen molar-refractivity contribution in [2.24, 2.45) is 0 Å². The van der Waals surface area contributed by atoms with Crippen LogP contribution in [0.3, 0.4) is 0 Å². The molecule has 2 aromatic rings. The molecule has 0 bridgehead atoms. The molecule has 0 atom stereocenters. The fraction of sp³-hybridized carbons (Fsp3) is 0.286. The smallest absolute Gasteiger partial charge is 0.336 e. The van der Waals surface area contributed by atoms with Gasteiger partial charge in [0.2, 0.25) is 0 Å². The number of rotatable bonds is 3. The van der Waals surface area contributed by atoms with E-state index < -0.39 is 5.97 Å². The molecule has 92 valence electrons. The van der Waals surface area contributed by atoms with E-state index in [4.69, 9.17) is 5.11 Å². The van der Waals surface area contributed by atoms with Gasteiger partial charge in [-0.25, -0.2) is 9.78 Å². The van der Waals surface area contributed by atoms with Gasteiger partial charge in [-0.05, 0) is 37.5 Å². The lowest BCUT2D eigenvalue weighted by molar-refractivity contribution is 0.0696. The van der Waals surface area contributed by atoms with Crippen molar-refractivity contribution >= 4 is 5.97 Å². The molecule has 1 fully saturated rings. The molecule has 3 rings (SSSR count). The van der Waals surface area contributed by atoms with Gasteiger partial charge in [0.25, 0.3) is 0 Å².